The van der Waals surface area contributed by atoms with E-state index in [1.54, 1.807) is 18.3 Å². The Bertz CT molecular complexity index is 723. The number of nitrogens with one attached hydrogen (secondary N) is 2. The van der Waals surface area contributed by atoms with Gasteiger partial charge in [-0.25, -0.2) is 9.82 Å². The Hall–Kier alpha value is -2.63. The summed E-state index contributed by atoms with van der Waals surface area (Å²) in [4.78, 5) is 14.6. The highest BCUT2D eigenvalue weighted by Gasteiger charge is 2.30. The molecule has 1 heterocycles. The highest BCUT2D eigenvalue weighted by molar-refractivity contribution is 6.08. The van der Waals surface area contributed by atoms with Crippen LogP contribution in [0.15, 0.2) is 35.6 Å². The Kier molecular flexibility index (Phi) is 3.21. The van der Waals surface area contributed by atoms with E-state index in [-0.39, 0.29) is 23.4 Å². The molecule has 1 aliphatic rings. The number of aromatic amines is 1. The van der Waals surface area contributed by atoms with E-state index in [4.69, 9.17) is 0 Å². The predicted molar refractivity (Wildman–Crippen MR) is 75.9 cm³/mol. The molecule has 3 rings (SSSR count). The van der Waals surface area contributed by atoms with Gasteiger partial charge in [-0.3, -0.25) is 4.79 Å². The molecule has 1 aromatic heterocycles. The van der Waals surface area contributed by atoms with Crippen molar-refractivity contribution < 1.29 is 14.3 Å². The summed E-state index contributed by atoms with van der Waals surface area (Å²) in [5.41, 5.74) is 4.11. The second kappa shape index (κ2) is 5.05. The highest BCUT2D eigenvalue weighted by Crippen LogP contribution is 2.39. The van der Waals surface area contributed by atoms with Crippen molar-refractivity contribution in [2.45, 2.75) is 19.3 Å². The Balaban J connectivity index is 1.91. The highest BCUT2D eigenvalue weighted by atomic mass is 19.1. The maximum absolute atomic E-state index is 13.9. The number of fused-ring (bicyclic) bond motifs is 1. The first kappa shape index (κ1) is 13.4. The van der Waals surface area contributed by atoms with Crippen LogP contribution in [-0.2, 0) is 0 Å². The molecule has 6 heteroatoms. The zero-order chi connectivity index (χ0) is 15.0. The number of benzene rings is 1. The number of hydrogen-bond donors (Lipinski definition) is 3. The first-order chi connectivity index (χ1) is 10.1. The molecule has 0 saturated heterocycles. The lowest BCUT2D eigenvalue weighted by molar-refractivity contribution is 0.0950. The van der Waals surface area contributed by atoms with Crippen LogP contribution in [0, 0.1) is 5.82 Å². The molecule has 1 atom stereocenters. The number of aromatic nitrogens is 1. The number of hydrazone groups is 1. The lowest BCUT2D eigenvalue weighted by Crippen LogP contribution is -2.19. The third-order valence-electron chi connectivity index (χ3n) is 3.59. The van der Waals surface area contributed by atoms with Crippen molar-refractivity contribution in [2.75, 3.05) is 0 Å². The maximum atomic E-state index is 13.9. The minimum Gasteiger partial charge on any atom is -0.507 e. The first-order valence-corrected chi connectivity index (χ1v) is 6.60. The normalized spacial score (nSPS) is 18.8. The van der Waals surface area contributed by atoms with Gasteiger partial charge in [0.1, 0.15) is 17.3 Å². The number of nitrogens with zero attached hydrogens (tertiary/aromatic N) is 1. The number of carbonyl (C=O) groups is 1. The van der Waals surface area contributed by atoms with Crippen LogP contribution in [0.3, 0.4) is 0 Å². The molecule has 0 bridgehead atoms. The number of carbonyl (C=O) groups excluding carboxylic acids is 1. The average molecular weight is 287 g/mol. The van der Waals surface area contributed by atoms with E-state index in [1.165, 1.54) is 12.1 Å². The monoisotopic (exact) mass is 287 g/mol. The predicted octanol–water partition coefficient (Wildman–Crippen LogP) is 2.50. The van der Waals surface area contributed by atoms with E-state index in [1.807, 2.05) is 6.92 Å². The average Bonchev–Trinajstić information content (AvgIpc) is 3.09. The molecule has 0 spiro atoms. The van der Waals surface area contributed by atoms with Gasteiger partial charge in [-0.05, 0) is 36.6 Å². The van der Waals surface area contributed by atoms with Crippen molar-refractivity contribution in [3.8, 4) is 5.75 Å². The molecule has 2 aromatic rings. The molecular formula is C15H14FN3O2. The molecule has 0 unspecified atom stereocenters. The largest absolute Gasteiger partial charge is 0.507 e. The van der Waals surface area contributed by atoms with Crippen LogP contribution in [0.1, 0.15) is 40.9 Å². The zero-order valence-electron chi connectivity index (χ0n) is 11.4. The summed E-state index contributed by atoms with van der Waals surface area (Å²) in [5.74, 6) is -0.863. The van der Waals surface area contributed by atoms with E-state index in [2.05, 4.69) is 15.5 Å². The summed E-state index contributed by atoms with van der Waals surface area (Å²) < 4.78 is 13.9. The number of rotatable bonds is 2. The number of aromatic hydroxyl groups is 1. The van der Waals surface area contributed by atoms with E-state index in [9.17, 15) is 14.3 Å². The molecule has 21 heavy (non-hydrogen) atoms. The fraction of sp³-hybridized carbons (Fsp3) is 0.200. The van der Waals surface area contributed by atoms with Gasteiger partial charge in [0.15, 0.2) is 0 Å². The van der Waals surface area contributed by atoms with Crippen LogP contribution < -0.4 is 5.43 Å². The van der Waals surface area contributed by atoms with Gasteiger partial charge >= 0.3 is 0 Å². The van der Waals surface area contributed by atoms with Gasteiger partial charge < -0.3 is 10.1 Å². The molecule has 1 aliphatic carbocycles. The Morgan fingerprint density at radius 1 is 1.48 bits per heavy atom. The summed E-state index contributed by atoms with van der Waals surface area (Å²) in [6, 6.07) is 5.87. The fourth-order valence-corrected chi connectivity index (χ4v) is 2.61. The van der Waals surface area contributed by atoms with Crippen LogP contribution in [0.5, 0.6) is 5.75 Å². The second-order valence-electron chi connectivity index (χ2n) is 5.04. The van der Waals surface area contributed by atoms with Crippen LogP contribution >= 0.6 is 0 Å². The molecule has 3 N–H and O–H groups in total. The topological polar surface area (TPSA) is 77.5 Å². The zero-order valence-corrected chi connectivity index (χ0v) is 11.4. The van der Waals surface area contributed by atoms with Gasteiger partial charge in [0.05, 0.1) is 5.71 Å². The second-order valence-corrected chi connectivity index (χ2v) is 5.04. The van der Waals surface area contributed by atoms with Gasteiger partial charge in [-0.15, -0.1) is 0 Å². The standard InChI is InChI=1S/C15H14FN3O2/c1-8-7-11(14-12(20)5-4-9(16)13(8)14)18-19-15(21)10-3-2-6-17-10/h2-6,8,17,20H,7H2,1H3,(H,19,21)/b18-11+/t8-/m0/s1. The summed E-state index contributed by atoms with van der Waals surface area (Å²) in [7, 11) is 0. The molecule has 1 amide bonds. The van der Waals surface area contributed by atoms with Crippen LogP contribution in [0.25, 0.3) is 0 Å². The summed E-state index contributed by atoms with van der Waals surface area (Å²) in [5, 5.41) is 14.0. The van der Waals surface area contributed by atoms with Crippen LogP contribution in [0.2, 0.25) is 0 Å². The summed E-state index contributed by atoms with van der Waals surface area (Å²) in [6.07, 6.45) is 2.10. The maximum Gasteiger partial charge on any atom is 0.287 e. The Morgan fingerprint density at radius 2 is 2.29 bits per heavy atom. The van der Waals surface area contributed by atoms with E-state index >= 15 is 0 Å². The number of hydrogen-bond acceptors (Lipinski definition) is 3. The number of phenolic OH excluding ortho intramolecular Hbond substituents is 1. The molecular weight excluding hydrogens is 273 g/mol. The van der Waals surface area contributed by atoms with Gasteiger partial charge in [0.25, 0.3) is 5.91 Å². The smallest absolute Gasteiger partial charge is 0.287 e. The summed E-state index contributed by atoms with van der Waals surface area (Å²) >= 11 is 0. The molecule has 108 valence electrons. The molecule has 0 radical (unpaired) electrons. The third-order valence-corrected chi connectivity index (χ3v) is 3.59. The van der Waals surface area contributed by atoms with Crippen LogP contribution in [-0.4, -0.2) is 21.7 Å². The molecule has 0 aliphatic heterocycles. The summed E-state index contributed by atoms with van der Waals surface area (Å²) in [6.45, 7) is 1.86. The van der Waals surface area contributed by atoms with Gasteiger partial charge in [0, 0.05) is 17.3 Å². The van der Waals surface area contributed by atoms with Crippen molar-refractivity contribution in [1.82, 2.24) is 10.4 Å². The number of amides is 1. The number of H-pyrrole nitrogens is 1. The van der Waals surface area contributed by atoms with Crippen molar-refractivity contribution in [3.05, 3.63) is 53.1 Å². The van der Waals surface area contributed by atoms with Gasteiger partial charge in [-0.2, -0.15) is 5.10 Å². The quantitative estimate of drug-likeness (QED) is 0.742. The Labute approximate surface area is 120 Å². The van der Waals surface area contributed by atoms with Crippen LogP contribution in [0.4, 0.5) is 4.39 Å². The fourth-order valence-electron chi connectivity index (χ4n) is 2.61. The SMILES string of the molecule is C[C@H]1C/C(=N\NC(=O)c2ccc[nH]2)c2c(O)ccc(F)c21. The molecule has 0 fully saturated rings. The number of phenols is 1. The lowest BCUT2D eigenvalue weighted by Gasteiger charge is -2.06. The van der Waals surface area contributed by atoms with E-state index < -0.39 is 0 Å². The molecule has 0 saturated carbocycles. The van der Waals surface area contributed by atoms with Gasteiger partial charge in [-0.1, -0.05) is 6.92 Å². The minimum absolute atomic E-state index is 0.0244. The Morgan fingerprint density at radius 3 is 3.00 bits per heavy atom. The van der Waals surface area contributed by atoms with Crippen molar-refractivity contribution >= 4 is 11.6 Å². The molecule has 1 aromatic carbocycles. The van der Waals surface area contributed by atoms with Crippen molar-refractivity contribution in [2.24, 2.45) is 5.10 Å². The first-order valence-electron chi connectivity index (χ1n) is 6.60. The lowest BCUT2D eigenvalue weighted by atomic mass is 10.0. The van der Waals surface area contributed by atoms with Crippen molar-refractivity contribution in [3.63, 3.8) is 0 Å². The third kappa shape index (κ3) is 2.29. The van der Waals surface area contributed by atoms with E-state index in [0.717, 1.165) is 0 Å². The van der Waals surface area contributed by atoms with E-state index in [0.29, 0.717) is 29.0 Å². The minimum atomic E-state index is -0.385. The molecule has 5 nitrogen and oxygen atoms in total. The number of halogens is 1. The van der Waals surface area contributed by atoms with Crippen molar-refractivity contribution in [1.29, 1.82) is 0 Å². The van der Waals surface area contributed by atoms with Gasteiger partial charge in [0.2, 0.25) is 0 Å².